The van der Waals surface area contributed by atoms with Crippen LogP contribution >= 0.6 is 0 Å². The highest BCUT2D eigenvalue weighted by Gasteiger charge is 2.24. The van der Waals surface area contributed by atoms with E-state index < -0.39 is 0 Å². The molecule has 1 fully saturated rings. The largest absolute Gasteiger partial charge is 0.497 e. The van der Waals surface area contributed by atoms with E-state index in [1.54, 1.807) is 7.11 Å². The van der Waals surface area contributed by atoms with Gasteiger partial charge in [-0.15, -0.1) is 0 Å². The summed E-state index contributed by atoms with van der Waals surface area (Å²) < 4.78 is 5.11. The third-order valence-electron chi connectivity index (χ3n) is 3.60. The van der Waals surface area contributed by atoms with Crippen molar-refractivity contribution in [2.24, 2.45) is 5.73 Å². The first-order valence-electron chi connectivity index (χ1n) is 6.54. The standard InChI is InChI=1S/C14H22N2O2/c1-18-11-8-6-10(7-9-11)14(15)16-12-4-2-3-5-13(12)17/h6-9,12-14,16-17H,2-5,15H2,1H3/t12-,13-,14?/m0/s1. The van der Waals surface area contributed by atoms with Crippen LogP contribution in [0.5, 0.6) is 5.75 Å². The van der Waals surface area contributed by atoms with E-state index in [9.17, 15) is 5.11 Å². The van der Waals surface area contributed by atoms with Gasteiger partial charge in [-0.05, 0) is 30.5 Å². The molecular weight excluding hydrogens is 228 g/mol. The average Bonchev–Trinajstić information content (AvgIpc) is 2.41. The number of benzene rings is 1. The van der Waals surface area contributed by atoms with Gasteiger partial charge in [0, 0.05) is 6.04 Å². The summed E-state index contributed by atoms with van der Waals surface area (Å²) in [6.45, 7) is 0. The molecule has 0 amide bonds. The summed E-state index contributed by atoms with van der Waals surface area (Å²) in [5, 5.41) is 13.2. The van der Waals surface area contributed by atoms with Crippen LogP contribution in [0.4, 0.5) is 0 Å². The molecular formula is C14H22N2O2. The van der Waals surface area contributed by atoms with Gasteiger partial charge < -0.3 is 15.6 Å². The lowest BCUT2D eigenvalue weighted by Gasteiger charge is -2.31. The van der Waals surface area contributed by atoms with Crippen molar-refractivity contribution in [2.45, 2.75) is 44.0 Å². The van der Waals surface area contributed by atoms with Crippen LogP contribution in [0.15, 0.2) is 24.3 Å². The molecule has 2 rings (SSSR count). The van der Waals surface area contributed by atoms with Crippen LogP contribution in [0.2, 0.25) is 0 Å². The monoisotopic (exact) mass is 250 g/mol. The highest BCUT2D eigenvalue weighted by Crippen LogP contribution is 2.21. The summed E-state index contributed by atoms with van der Waals surface area (Å²) in [6, 6.07) is 7.80. The molecule has 100 valence electrons. The highest BCUT2D eigenvalue weighted by molar-refractivity contribution is 5.28. The highest BCUT2D eigenvalue weighted by atomic mass is 16.5. The predicted molar refractivity (Wildman–Crippen MR) is 71.3 cm³/mol. The number of methoxy groups -OCH3 is 1. The molecule has 4 heteroatoms. The van der Waals surface area contributed by atoms with Gasteiger partial charge in [-0.2, -0.15) is 0 Å². The molecule has 4 nitrogen and oxygen atoms in total. The van der Waals surface area contributed by atoms with Crippen LogP contribution in [-0.2, 0) is 0 Å². The van der Waals surface area contributed by atoms with Crippen LogP contribution < -0.4 is 15.8 Å². The number of aliphatic hydroxyl groups excluding tert-OH is 1. The number of ether oxygens (including phenoxy) is 1. The Morgan fingerprint density at radius 3 is 2.56 bits per heavy atom. The Hall–Kier alpha value is -1.10. The van der Waals surface area contributed by atoms with Crippen LogP contribution in [0.1, 0.15) is 37.4 Å². The van der Waals surface area contributed by atoms with E-state index in [0.29, 0.717) is 0 Å². The van der Waals surface area contributed by atoms with Gasteiger partial charge in [-0.25, -0.2) is 0 Å². The zero-order valence-corrected chi connectivity index (χ0v) is 10.8. The summed E-state index contributed by atoms with van der Waals surface area (Å²) in [5.74, 6) is 0.823. The molecule has 1 aliphatic carbocycles. The molecule has 18 heavy (non-hydrogen) atoms. The lowest BCUT2D eigenvalue weighted by molar-refractivity contribution is 0.0852. The van der Waals surface area contributed by atoms with E-state index in [-0.39, 0.29) is 18.3 Å². The summed E-state index contributed by atoms with van der Waals surface area (Å²) in [7, 11) is 1.64. The normalized spacial score (nSPS) is 25.7. The van der Waals surface area contributed by atoms with Crippen molar-refractivity contribution in [3.63, 3.8) is 0 Å². The second-order valence-electron chi connectivity index (χ2n) is 4.88. The molecule has 0 bridgehead atoms. The zero-order valence-electron chi connectivity index (χ0n) is 10.8. The summed E-state index contributed by atoms with van der Waals surface area (Å²) in [5.41, 5.74) is 7.12. The molecule has 0 heterocycles. The molecule has 1 aromatic rings. The number of hydrogen-bond donors (Lipinski definition) is 3. The molecule has 0 aliphatic heterocycles. The third kappa shape index (κ3) is 3.22. The fourth-order valence-electron chi connectivity index (χ4n) is 2.44. The lowest BCUT2D eigenvalue weighted by Crippen LogP contribution is -2.46. The van der Waals surface area contributed by atoms with Gasteiger partial charge in [0.15, 0.2) is 0 Å². The predicted octanol–water partition coefficient (Wildman–Crippen LogP) is 1.55. The van der Waals surface area contributed by atoms with Crippen LogP contribution in [0.3, 0.4) is 0 Å². The Kier molecular flexibility index (Phi) is 4.58. The van der Waals surface area contributed by atoms with Gasteiger partial charge in [0.05, 0.1) is 19.4 Å². The fraction of sp³-hybridized carbons (Fsp3) is 0.571. The summed E-state index contributed by atoms with van der Waals surface area (Å²) >= 11 is 0. The van der Waals surface area contributed by atoms with Crippen molar-refractivity contribution in [2.75, 3.05) is 7.11 Å². The van der Waals surface area contributed by atoms with Crippen molar-refractivity contribution in [1.82, 2.24) is 5.32 Å². The van der Waals surface area contributed by atoms with E-state index >= 15 is 0 Å². The minimum Gasteiger partial charge on any atom is -0.497 e. The minimum atomic E-state index is -0.275. The molecule has 0 aromatic heterocycles. The number of nitrogens with one attached hydrogen (secondary N) is 1. The number of rotatable bonds is 4. The first-order chi connectivity index (χ1) is 8.70. The van der Waals surface area contributed by atoms with Crippen LogP contribution in [-0.4, -0.2) is 24.4 Å². The molecule has 0 spiro atoms. The van der Waals surface area contributed by atoms with Crippen molar-refractivity contribution < 1.29 is 9.84 Å². The minimum absolute atomic E-state index is 0.107. The molecule has 1 aliphatic rings. The SMILES string of the molecule is COc1ccc(C(N)N[C@H]2CCCC[C@@H]2O)cc1. The van der Waals surface area contributed by atoms with Crippen LogP contribution in [0.25, 0.3) is 0 Å². The maximum atomic E-state index is 9.91. The third-order valence-corrected chi connectivity index (χ3v) is 3.60. The molecule has 0 saturated heterocycles. The molecule has 3 atom stereocenters. The Labute approximate surface area is 108 Å². The second kappa shape index (κ2) is 6.18. The number of hydrogen-bond acceptors (Lipinski definition) is 4. The molecule has 0 radical (unpaired) electrons. The van der Waals surface area contributed by atoms with Gasteiger partial charge in [0.2, 0.25) is 0 Å². The maximum absolute atomic E-state index is 9.91. The van der Waals surface area contributed by atoms with E-state index in [1.807, 2.05) is 24.3 Å². The average molecular weight is 250 g/mol. The fourth-order valence-corrected chi connectivity index (χ4v) is 2.44. The van der Waals surface area contributed by atoms with Crippen molar-refractivity contribution in [1.29, 1.82) is 0 Å². The summed E-state index contributed by atoms with van der Waals surface area (Å²) in [4.78, 5) is 0. The molecule has 4 N–H and O–H groups in total. The van der Waals surface area contributed by atoms with Gasteiger partial charge in [-0.1, -0.05) is 25.0 Å². The summed E-state index contributed by atoms with van der Waals surface area (Å²) in [6.07, 6.45) is 3.61. The van der Waals surface area contributed by atoms with Gasteiger partial charge >= 0.3 is 0 Å². The molecule has 1 saturated carbocycles. The number of nitrogens with two attached hydrogens (primary N) is 1. The molecule has 1 aromatic carbocycles. The Morgan fingerprint density at radius 2 is 1.94 bits per heavy atom. The second-order valence-corrected chi connectivity index (χ2v) is 4.88. The maximum Gasteiger partial charge on any atom is 0.118 e. The first kappa shape index (κ1) is 13.3. The zero-order chi connectivity index (χ0) is 13.0. The quantitative estimate of drug-likeness (QED) is 0.709. The van der Waals surface area contributed by atoms with E-state index in [2.05, 4.69) is 5.32 Å². The van der Waals surface area contributed by atoms with E-state index in [0.717, 1.165) is 37.0 Å². The van der Waals surface area contributed by atoms with Crippen molar-refractivity contribution in [3.05, 3.63) is 29.8 Å². The first-order valence-corrected chi connectivity index (χ1v) is 6.54. The Morgan fingerprint density at radius 1 is 1.28 bits per heavy atom. The Balaban J connectivity index is 1.95. The molecule has 1 unspecified atom stereocenters. The van der Waals surface area contributed by atoms with E-state index in [1.165, 1.54) is 0 Å². The topological polar surface area (TPSA) is 67.5 Å². The van der Waals surface area contributed by atoms with E-state index in [4.69, 9.17) is 10.5 Å². The van der Waals surface area contributed by atoms with Gasteiger partial charge in [-0.3, -0.25) is 5.32 Å². The number of aliphatic hydroxyl groups is 1. The lowest BCUT2D eigenvalue weighted by atomic mass is 9.92. The Bertz CT molecular complexity index is 367. The van der Waals surface area contributed by atoms with Crippen LogP contribution in [0, 0.1) is 0 Å². The van der Waals surface area contributed by atoms with Gasteiger partial charge in [0.25, 0.3) is 0 Å². The van der Waals surface area contributed by atoms with Gasteiger partial charge in [0.1, 0.15) is 5.75 Å². The smallest absolute Gasteiger partial charge is 0.118 e. The van der Waals surface area contributed by atoms with Crippen molar-refractivity contribution in [3.8, 4) is 5.75 Å². The van der Waals surface area contributed by atoms with Crippen molar-refractivity contribution >= 4 is 0 Å².